The van der Waals surface area contributed by atoms with E-state index in [1.807, 2.05) is 18.5 Å². The zero-order valence-electron chi connectivity index (χ0n) is 12.7. The van der Waals surface area contributed by atoms with Gasteiger partial charge in [-0.05, 0) is 31.4 Å². The van der Waals surface area contributed by atoms with Crippen molar-refractivity contribution >= 4 is 16.6 Å². The van der Waals surface area contributed by atoms with E-state index in [1.165, 1.54) is 18.5 Å². The van der Waals surface area contributed by atoms with Crippen LogP contribution in [0.5, 0.6) is 0 Å². The van der Waals surface area contributed by atoms with Crippen LogP contribution < -0.4 is 4.90 Å². The molecule has 3 aromatic heterocycles. The lowest BCUT2D eigenvalue weighted by molar-refractivity contribution is 0.355. The molecule has 6 nitrogen and oxygen atoms in total. The Morgan fingerprint density at radius 1 is 1.09 bits per heavy atom. The smallest absolute Gasteiger partial charge is 0.231 e. The second kappa shape index (κ2) is 5.01. The van der Waals surface area contributed by atoms with Crippen molar-refractivity contribution in [1.29, 1.82) is 0 Å². The van der Waals surface area contributed by atoms with Crippen LogP contribution in [-0.4, -0.2) is 33.2 Å². The molecule has 3 aromatic rings. The number of nitrogens with zero attached hydrogens (tertiary/aromatic N) is 5. The van der Waals surface area contributed by atoms with Crippen LogP contribution in [0.25, 0.3) is 10.9 Å². The average molecular weight is 307 g/mol. The van der Waals surface area contributed by atoms with Gasteiger partial charge >= 0.3 is 0 Å². The molecule has 1 atom stereocenters. The summed E-state index contributed by atoms with van der Waals surface area (Å²) in [6.07, 6.45) is 8.98. The number of hydrogen-bond donors (Lipinski definition) is 0. The second-order valence-electron chi connectivity index (χ2n) is 6.42. The van der Waals surface area contributed by atoms with Gasteiger partial charge in [-0.3, -0.25) is 9.97 Å². The predicted molar refractivity (Wildman–Crippen MR) is 85.4 cm³/mol. The minimum atomic E-state index is 0.315. The lowest BCUT2D eigenvalue weighted by Crippen LogP contribution is -2.19. The summed E-state index contributed by atoms with van der Waals surface area (Å²) in [4.78, 5) is 15.6. The van der Waals surface area contributed by atoms with E-state index >= 15 is 0 Å². The topological polar surface area (TPSA) is 67.9 Å². The summed E-state index contributed by atoms with van der Waals surface area (Å²) in [7, 11) is 0. The van der Waals surface area contributed by atoms with Gasteiger partial charge in [-0.2, -0.15) is 4.98 Å². The normalized spacial score (nSPS) is 21.2. The van der Waals surface area contributed by atoms with Gasteiger partial charge in [-0.25, -0.2) is 0 Å². The zero-order valence-corrected chi connectivity index (χ0v) is 12.7. The van der Waals surface area contributed by atoms with E-state index in [-0.39, 0.29) is 0 Å². The third kappa shape index (κ3) is 2.25. The van der Waals surface area contributed by atoms with Crippen molar-refractivity contribution in [2.24, 2.45) is 0 Å². The van der Waals surface area contributed by atoms with Crippen molar-refractivity contribution in [2.45, 2.75) is 31.1 Å². The van der Waals surface area contributed by atoms with E-state index in [9.17, 15) is 0 Å². The summed E-state index contributed by atoms with van der Waals surface area (Å²) in [6.45, 7) is 1.89. The molecule has 0 radical (unpaired) electrons. The van der Waals surface area contributed by atoms with Crippen LogP contribution in [0.4, 0.5) is 5.69 Å². The third-order valence-corrected chi connectivity index (χ3v) is 4.80. The van der Waals surface area contributed by atoms with Crippen LogP contribution in [0.1, 0.15) is 42.8 Å². The maximum atomic E-state index is 5.51. The molecule has 116 valence electrons. The molecule has 0 amide bonds. The van der Waals surface area contributed by atoms with Gasteiger partial charge in [-0.15, -0.1) is 0 Å². The number of anilines is 1. The molecular weight excluding hydrogens is 290 g/mol. The fourth-order valence-corrected chi connectivity index (χ4v) is 3.35. The summed E-state index contributed by atoms with van der Waals surface area (Å²) in [6, 6.07) is 4.02. The molecule has 1 saturated carbocycles. The van der Waals surface area contributed by atoms with E-state index in [2.05, 4.69) is 31.1 Å². The minimum Gasteiger partial charge on any atom is -0.370 e. The summed E-state index contributed by atoms with van der Waals surface area (Å²) in [5.41, 5.74) is 2.17. The average Bonchev–Trinajstić information content (AvgIpc) is 3.13. The van der Waals surface area contributed by atoms with Gasteiger partial charge in [0.15, 0.2) is 5.82 Å². The SMILES string of the molecule is c1cc2nccc(N3CCC(c4nc(C5CC5)no4)C3)c2cn1. The monoisotopic (exact) mass is 307 g/mol. The maximum Gasteiger partial charge on any atom is 0.231 e. The largest absolute Gasteiger partial charge is 0.370 e. The molecular formula is C17H17N5O. The molecule has 0 bridgehead atoms. The summed E-state index contributed by atoms with van der Waals surface area (Å²) in [5, 5.41) is 5.24. The molecule has 5 rings (SSSR count). The van der Waals surface area contributed by atoms with Gasteiger partial charge in [0, 0.05) is 48.7 Å². The number of rotatable bonds is 3. The van der Waals surface area contributed by atoms with Crippen molar-refractivity contribution in [3.63, 3.8) is 0 Å². The first kappa shape index (κ1) is 13.0. The van der Waals surface area contributed by atoms with E-state index in [1.54, 1.807) is 6.20 Å². The molecule has 23 heavy (non-hydrogen) atoms. The number of aromatic nitrogens is 4. The highest BCUT2D eigenvalue weighted by atomic mass is 16.5. The molecule has 1 unspecified atom stereocenters. The lowest BCUT2D eigenvalue weighted by atomic mass is 10.1. The van der Waals surface area contributed by atoms with Crippen molar-refractivity contribution < 1.29 is 4.52 Å². The van der Waals surface area contributed by atoms with E-state index < -0.39 is 0 Å². The molecule has 1 aliphatic heterocycles. The molecule has 1 saturated heterocycles. The van der Waals surface area contributed by atoms with Gasteiger partial charge in [0.05, 0.1) is 11.4 Å². The first-order valence-electron chi connectivity index (χ1n) is 8.15. The van der Waals surface area contributed by atoms with Gasteiger partial charge in [0.25, 0.3) is 0 Å². The predicted octanol–water partition coefficient (Wildman–Crippen LogP) is 2.88. The Kier molecular flexibility index (Phi) is 2.83. The summed E-state index contributed by atoms with van der Waals surface area (Å²) in [5.74, 6) is 2.55. The molecule has 0 spiro atoms. The first-order chi connectivity index (χ1) is 11.4. The van der Waals surface area contributed by atoms with Crippen LogP contribution in [0, 0.1) is 0 Å². The standard InChI is InChI=1S/C17H17N5O/c1-2-11(1)16-20-17(23-21-16)12-5-8-22(10-12)15-4-7-19-14-3-6-18-9-13(14)15/h3-4,6-7,9,11-12H,1-2,5,8,10H2. The fraction of sp³-hybridized carbons (Fsp3) is 0.412. The fourth-order valence-electron chi connectivity index (χ4n) is 3.35. The molecule has 1 aliphatic carbocycles. The van der Waals surface area contributed by atoms with E-state index in [4.69, 9.17) is 4.52 Å². The highest BCUT2D eigenvalue weighted by Gasteiger charge is 2.33. The summed E-state index contributed by atoms with van der Waals surface area (Å²) < 4.78 is 5.51. The van der Waals surface area contributed by atoms with Crippen LogP contribution in [-0.2, 0) is 0 Å². The minimum absolute atomic E-state index is 0.315. The van der Waals surface area contributed by atoms with Crippen molar-refractivity contribution in [1.82, 2.24) is 20.1 Å². The zero-order chi connectivity index (χ0) is 15.2. The Labute approximate surface area is 133 Å². The van der Waals surface area contributed by atoms with Crippen LogP contribution in [0.3, 0.4) is 0 Å². The molecule has 4 heterocycles. The Morgan fingerprint density at radius 3 is 2.96 bits per heavy atom. The molecule has 2 aliphatic rings. The highest BCUT2D eigenvalue weighted by Crippen LogP contribution is 2.39. The Hall–Kier alpha value is -2.50. The van der Waals surface area contributed by atoms with Crippen LogP contribution in [0.15, 0.2) is 35.2 Å². The lowest BCUT2D eigenvalue weighted by Gasteiger charge is -2.19. The van der Waals surface area contributed by atoms with Crippen molar-refractivity contribution in [3.05, 3.63) is 42.4 Å². The Bertz CT molecular complexity index is 852. The van der Waals surface area contributed by atoms with Crippen LogP contribution >= 0.6 is 0 Å². The van der Waals surface area contributed by atoms with Crippen LogP contribution in [0.2, 0.25) is 0 Å². The molecule has 2 fully saturated rings. The van der Waals surface area contributed by atoms with Crippen molar-refractivity contribution in [3.8, 4) is 0 Å². The van der Waals surface area contributed by atoms with E-state index in [0.717, 1.165) is 42.1 Å². The Morgan fingerprint density at radius 2 is 2.04 bits per heavy atom. The number of fused-ring (bicyclic) bond motifs is 1. The molecule has 0 aromatic carbocycles. The number of hydrogen-bond acceptors (Lipinski definition) is 6. The van der Waals surface area contributed by atoms with Crippen molar-refractivity contribution in [2.75, 3.05) is 18.0 Å². The molecule has 0 N–H and O–H groups in total. The summed E-state index contributed by atoms with van der Waals surface area (Å²) >= 11 is 0. The van der Waals surface area contributed by atoms with Gasteiger partial charge < -0.3 is 9.42 Å². The maximum absolute atomic E-state index is 5.51. The quantitative estimate of drug-likeness (QED) is 0.741. The Balaban J connectivity index is 1.42. The number of pyridine rings is 2. The highest BCUT2D eigenvalue weighted by molar-refractivity contribution is 5.90. The third-order valence-electron chi connectivity index (χ3n) is 4.80. The van der Waals surface area contributed by atoms with Gasteiger partial charge in [-0.1, -0.05) is 5.16 Å². The molecule has 6 heteroatoms. The van der Waals surface area contributed by atoms with E-state index in [0.29, 0.717) is 11.8 Å². The second-order valence-corrected chi connectivity index (χ2v) is 6.42. The first-order valence-corrected chi connectivity index (χ1v) is 8.15. The van der Waals surface area contributed by atoms with Gasteiger partial charge in [0.2, 0.25) is 5.89 Å². The van der Waals surface area contributed by atoms with Gasteiger partial charge in [0.1, 0.15) is 0 Å².